The maximum absolute atomic E-state index is 5.40. The van der Waals surface area contributed by atoms with E-state index in [-0.39, 0.29) is 0 Å². The summed E-state index contributed by atoms with van der Waals surface area (Å²) in [6, 6.07) is 10.4. The van der Waals surface area contributed by atoms with Crippen LogP contribution in [0.1, 0.15) is 25.2 Å². The lowest BCUT2D eigenvalue weighted by Gasteiger charge is -2.09. The van der Waals surface area contributed by atoms with Crippen LogP contribution in [0.5, 0.6) is 0 Å². The SMILES string of the molecule is CCOCc1nc(NC)cc(-c2cccc(CC)c2)n1. The second-order valence-corrected chi connectivity index (χ2v) is 4.50. The number of benzene rings is 1. The number of ether oxygens (including phenoxy) is 1. The number of nitrogens with one attached hydrogen (secondary N) is 1. The van der Waals surface area contributed by atoms with E-state index in [0.717, 1.165) is 23.5 Å². The van der Waals surface area contributed by atoms with Crippen molar-refractivity contribution in [3.05, 3.63) is 41.7 Å². The smallest absolute Gasteiger partial charge is 0.157 e. The first-order chi connectivity index (χ1) is 9.76. The monoisotopic (exact) mass is 271 g/mol. The molecule has 0 saturated carbocycles. The Hall–Kier alpha value is -1.94. The summed E-state index contributed by atoms with van der Waals surface area (Å²) in [6.07, 6.45) is 1.02. The Kier molecular flexibility index (Phi) is 5.07. The summed E-state index contributed by atoms with van der Waals surface area (Å²) < 4.78 is 5.40. The Bertz CT molecular complexity index is 569. The van der Waals surface area contributed by atoms with Gasteiger partial charge in [0.15, 0.2) is 5.82 Å². The molecule has 1 heterocycles. The molecule has 0 atom stereocenters. The van der Waals surface area contributed by atoms with Gasteiger partial charge in [-0.25, -0.2) is 9.97 Å². The predicted molar refractivity (Wildman–Crippen MR) is 81.7 cm³/mol. The minimum absolute atomic E-state index is 0.437. The highest BCUT2D eigenvalue weighted by Crippen LogP contribution is 2.21. The van der Waals surface area contributed by atoms with Crippen LogP contribution in [0.4, 0.5) is 5.82 Å². The van der Waals surface area contributed by atoms with Crippen LogP contribution in [-0.2, 0) is 17.8 Å². The van der Waals surface area contributed by atoms with E-state index < -0.39 is 0 Å². The van der Waals surface area contributed by atoms with Crippen molar-refractivity contribution in [2.24, 2.45) is 0 Å². The second-order valence-electron chi connectivity index (χ2n) is 4.50. The normalized spacial score (nSPS) is 10.6. The van der Waals surface area contributed by atoms with Gasteiger partial charge in [-0.05, 0) is 25.0 Å². The van der Waals surface area contributed by atoms with Crippen molar-refractivity contribution in [1.29, 1.82) is 0 Å². The van der Waals surface area contributed by atoms with Gasteiger partial charge >= 0.3 is 0 Å². The highest BCUT2D eigenvalue weighted by Gasteiger charge is 2.06. The standard InChI is InChI=1S/C16H21N3O/c1-4-12-7-6-8-13(9-12)14-10-15(17-3)19-16(18-14)11-20-5-2/h6-10H,4-5,11H2,1-3H3,(H,17,18,19). The summed E-state index contributed by atoms with van der Waals surface area (Å²) in [5, 5.41) is 3.08. The number of hydrogen-bond acceptors (Lipinski definition) is 4. The largest absolute Gasteiger partial charge is 0.374 e. The van der Waals surface area contributed by atoms with Crippen LogP contribution in [0.2, 0.25) is 0 Å². The second kappa shape index (κ2) is 7.01. The summed E-state index contributed by atoms with van der Waals surface area (Å²) in [6.45, 7) is 5.21. The third-order valence-electron chi connectivity index (χ3n) is 3.09. The first-order valence-electron chi connectivity index (χ1n) is 6.99. The van der Waals surface area contributed by atoms with E-state index >= 15 is 0 Å². The van der Waals surface area contributed by atoms with Crippen molar-refractivity contribution in [1.82, 2.24) is 9.97 Å². The molecule has 0 fully saturated rings. The van der Waals surface area contributed by atoms with E-state index in [2.05, 4.69) is 46.5 Å². The molecule has 4 heteroatoms. The predicted octanol–water partition coefficient (Wildman–Crippen LogP) is 3.28. The molecular formula is C16H21N3O. The topological polar surface area (TPSA) is 47.0 Å². The fraction of sp³-hybridized carbons (Fsp3) is 0.375. The van der Waals surface area contributed by atoms with Gasteiger partial charge in [0, 0.05) is 25.3 Å². The molecule has 0 saturated heterocycles. The van der Waals surface area contributed by atoms with E-state index in [0.29, 0.717) is 19.0 Å². The van der Waals surface area contributed by atoms with Crippen LogP contribution in [-0.4, -0.2) is 23.6 Å². The van der Waals surface area contributed by atoms with Crippen LogP contribution < -0.4 is 5.32 Å². The Morgan fingerprint density at radius 1 is 1.15 bits per heavy atom. The van der Waals surface area contributed by atoms with Gasteiger partial charge in [0.05, 0.1) is 5.69 Å². The van der Waals surface area contributed by atoms with Crippen molar-refractivity contribution in [2.45, 2.75) is 26.9 Å². The van der Waals surface area contributed by atoms with Gasteiger partial charge < -0.3 is 10.1 Å². The number of hydrogen-bond donors (Lipinski definition) is 1. The molecule has 0 aliphatic heterocycles. The van der Waals surface area contributed by atoms with E-state index in [9.17, 15) is 0 Å². The number of aryl methyl sites for hydroxylation is 1. The lowest BCUT2D eigenvalue weighted by molar-refractivity contribution is 0.128. The van der Waals surface area contributed by atoms with Crippen LogP contribution in [0, 0.1) is 0 Å². The van der Waals surface area contributed by atoms with Crippen molar-refractivity contribution < 1.29 is 4.74 Å². The fourth-order valence-electron chi connectivity index (χ4n) is 1.98. The van der Waals surface area contributed by atoms with Gasteiger partial charge in [-0.2, -0.15) is 0 Å². The molecule has 0 aliphatic rings. The summed E-state index contributed by atoms with van der Waals surface area (Å²) in [4.78, 5) is 9.00. The Balaban J connectivity index is 2.38. The lowest BCUT2D eigenvalue weighted by Crippen LogP contribution is -2.04. The fourth-order valence-corrected chi connectivity index (χ4v) is 1.98. The van der Waals surface area contributed by atoms with Gasteiger partial charge in [-0.1, -0.05) is 25.1 Å². The van der Waals surface area contributed by atoms with Crippen molar-refractivity contribution in [3.63, 3.8) is 0 Å². The molecule has 0 spiro atoms. The molecule has 0 bridgehead atoms. The zero-order chi connectivity index (χ0) is 14.4. The molecule has 1 N–H and O–H groups in total. The molecule has 1 aromatic carbocycles. The third kappa shape index (κ3) is 3.54. The average molecular weight is 271 g/mol. The van der Waals surface area contributed by atoms with Crippen LogP contribution in [0.3, 0.4) is 0 Å². The van der Waals surface area contributed by atoms with Gasteiger partial charge in [0.25, 0.3) is 0 Å². The van der Waals surface area contributed by atoms with Crippen LogP contribution >= 0.6 is 0 Å². The Morgan fingerprint density at radius 2 is 2.00 bits per heavy atom. The molecular weight excluding hydrogens is 250 g/mol. The van der Waals surface area contributed by atoms with Gasteiger partial charge in [0.1, 0.15) is 12.4 Å². The summed E-state index contributed by atoms with van der Waals surface area (Å²) in [5.41, 5.74) is 3.34. The number of aromatic nitrogens is 2. The van der Waals surface area contributed by atoms with E-state index in [1.165, 1.54) is 5.56 Å². The highest BCUT2D eigenvalue weighted by atomic mass is 16.5. The van der Waals surface area contributed by atoms with Crippen molar-refractivity contribution in [3.8, 4) is 11.3 Å². The van der Waals surface area contributed by atoms with Gasteiger partial charge in [-0.15, -0.1) is 0 Å². The number of rotatable bonds is 6. The summed E-state index contributed by atoms with van der Waals surface area (Å²) >= 11 is 0. The Morgan fingerprint density at radius 3 is 2.70 bits per heavy atom. The molecule has 1 aromatic heterocycles. The molecule has 2 aromatic rings. The average Bonchev–Trinajstić information content (AvgIpc) is 2.52. The first kappa shape index (κ1) is 14.5. The van der Waals surface area contributed by atoms with Gasteiger partial charge in [0.2, 0.25) is 0 Å². The van der Waals surface area contributed by atoms with E-state index in [1.807, 2.05) is 20.0 Å². The maximum atomic E-state index is 5.40. The summed E-state index contributed by atoms with van der Waals surface area (Å²) in [5.74, 6) is 1.52. The molecule has 0 radical (unpaired) electrons. The van der Waals surface area contributed by atoms with E-state index in [4.69, 9.17) is 4.74 Å². The molecule has 0 unspecified atom stereocenters. The maximum Gasteiger partial charge on any atom is 0.157 e. The highest BCUT2D eigenvalue weighted by molar-refractivity contribution is 5.63. The first-order valence-corrected chi connectivity index (χ1v) is 6.99. The quantitative estimate of drug-likeness (QED) is 0.875. The van der Waals surface area contributed by atoms with Crippen molar-refractivity contribution in [2.75, 3.05) is 19.0 Å². The minimum Gasteiger partial charge on any atom is -0.374 e. The molecule has 20 heavy (non-hydrogen) atoms. The lowest BCUT2D eigenvalue weighted by atomic mass is 10.1. The number of anilines is 1. The zero-order valence-electron chi connectivity index (χ0n) is 12.3. The number of nitrogens with zero attached hydrogens (tertiary/aromatic N) is 2. The molecule has 0 aliphatic carbocycles. The van der Waals surface area contributed by atoms with Gasteiger partial charge in [-0.3, -0.25) is 0 Å². The molecule has 106 valence electrons. The third-order valence-corrected chi connectivity index (χ3v) is 3.09. The zero-order valence-corrected chi connectivity index (χ0v) is 12.3. The van der Waals surface area contributed by atoms with Crippen LogP contribution in [0.25, 0.3) is 11.3 Å². The molecule has 0 amide bonds. The van der Waals surface area contributed by atoms with E-state index in [1.54, 1.807) is 0 Å². The molecule has 4 nitrogen and oxygen atoms in total. The summed E-state index contributed by atoms with van der Waals surface area (Å²) in [7, 11) is 1.86. The molecule has 2 rings (SSSR count). The Labute approximate surface area is 120 Å². The van der Waals surface area contributed by atoms with Crippen LogP contribution in [0.15, 0.2) is 30.3 Å². The minimum atomic E-state index is 0.437. The van der Waals surface area contributed by atoms with Crippen molar-refractivity contribution >= 4 is 5.82 Å².